The molecule has 2 aromatic carbocycles. The molecular weight excluding hydrogens is 336 g/mol. The molecular formula is C22H26N4O. The fraction of sp³-hybridized carbons (Fsp3) is 0.273. The summed E-state index contributed by atoms with van der Waals surface area (Å²) in [4.78, 5) is 11.3. The largest absolute Gasteiger partial charge is 0.496 e. The molecule has 0 saturated carbocycles. The van der Waals surface area contributed by atoms with E-state index in [0.717, 1.165) is 36.8 Å². The highest BCUT2D eigenvalue weighted by molar-refractivity contribution is 5.59. The Morgan fingerprint density at radius 2 is 1.93 bits per heavy atom. The summed E-state index contributed by atoms with van der Waals surface area (Å²) in [6.45, 7) is 5.77. The lowest BCUT2D eigenvalue weighted by atomic mass is 10.1. The van der Waals surface area contributed by atoms with Crippen LogP contribution in [0.15, 0.2) is 60.8 Å². The van der Waals surface area contributed by atoms with Crippen LogP contribution in [0.3, 0.4) is 0 Å². The van der Waals surface area contributed by atoms with Gasteiger partial charge in [-0.2, -0.15) is 4.98 Å². The Kier molecular flexibility index (Phi) is 6.26. The highest BCUT2D eigenvalue weighted by atomic mass is 16.5. The van der Waals surface area contributed by atoms with Crippen molar-refractivity contribution in [2.75, 3.05) is 30.4 Å². The second kappa shape index (κ2) is 9.03. The fourth-order valence-electron chi connectivity index (χ4n) is 3.05. The lowest BCUT2D eigenvalue weighted by molar-refractivity contribution is 0.410. The number of benzene rings is 2. The van der Waals surface area contributed by atoms with E-state index in [1.165, 1.54) is 11.1 Å². The van der Waals surface area contributed by atoms with Gasteiger partial charge >= 0.3 is 0 Å². The first kappa shape index (κ1) is 18.7. The minimum atomic E-state index is 0.699. The summed E-state index contributed by atoms with van der Waals surface area (Å²) in [5.41, 5.74) is 3.50. The summed E-state index contributed by atoms with van der Waals surface area (Å²) in [5.74, 6) is 2.44. The van der Waals surface area contributed by atoms with Gasteiger partial charge in [0.25, 0.3) is 0 Å². The zero-order chi connectivity index (χ0) is 19.1. The summed E-state index contributed by atoms with van der Waals surface area (Å²) in [6.07, 6.45) is 2.66. The molecule has 0 atom stereocenters. The second-order valence-electron chi connectivity index (χ2n) is 6.31. The van der Waals surface area contributed by atoms with Crippen LogP contribution in [0.2, 0.25) is 0 Å². The lowest BCUT2D eigenvalue weighted by Crippen LogP contribution is -2.19. The molecule has 3 aromatic rings. The number of ether oxygens (including phenoxy) is 1. The predicted octanol–water partition coefficient (Wildman–Crippen LogP) is 4.61. The Bertz CT molecular complexity index is 881. The topological polar surface area (TPSA) is 50.3 Å². The lowest BCUT2D eigenvalue weighted by Gasteiger charge is -2.21. The van der Waals surface area contributed by atoms with Crippen molar-refractivity contribution in [2.45, 2.75) is 20.3 Å². The quantitative estimate of drug-likeness (QED) is 0.634. The molecule has 0 aliphatic rings. The molecule has 0 unspecified atom stereocenters. The van der Waals surface area contributed by atoms with Gasteiger partial charge in [-0.25, -0.2) is 4.98 Å². The zero-order valence-corrected chi connectivity index (χ0v) is 16.1. The molecule has 0 spiro atoms. The van der Waals surface area contributed by atoms with E-state index in [-0.39, 0.29) is 0 Å². The SMILES string of the molecule is CCN(c1cccc(C)c1)c1nccc(NCCc2ccccc2OC)n1. The Labute approximate surface area is 161 Å². The summed E-state index contributed by atoms with van der Waals surface area (Å²) < 4.78 is 5.41. The van der Waals surface area contributed by atoms with Crippen LogP contribution in [0.4, 0.5) is 17.5 Å². The first-order valence-corrected chi connectivity index (χ1v) is 9.24. The van der Waals surface area contributed by atoms with Crippen LogP contribution in [0.1, 0.15) is 18.1 Å². The molecule has 0 fully saturated rings. The number of nitrogens with zero attached hydrogens (tertiary/aromatic N) is 3. The van der Waals surface area contributed by atoms with Gasteiger partial charge < -0.3 is 15.0 Å². The van der Waals surface area contributed by atoms with Crippen molar-refractivity contribution < 1.29 is 4.74 Å². The molecule has 0 radical (unpaired) electrons. The fourth-order valence-corrected chi connectivity index (χ4v) is 3.05. The first-order chi connectivity index (χ1) is 13.2. The molecule has 0 aliphatic heterocycles. The molecule has 27 heavy (non-hydrogen) atoms. The van der Waals surface area contributed by atoms with E-state index in [1.54, 1.807) is 13.3 Å². The Hall–Kier alpha value is -3.08. The van der Waals surface area contributed by atoms with E-state index >= 15 is 0 Å². The second-order valence-corrected chi connectivity index (χ2v) is 6.31. The average Bonchev–Trinajstić information content (AvgIpc) is 2.69. The standard InChI is InChI=1S/C22H26N4O/c1-4-26(19-10-7-8-17(2)16-19)22-24-15-13-21(25-22)23-14-12-18-9-5-6-11-20(18)27-3/h5-11,13,15-16H,4,12,14H2,1-3H3,(H,23,24,25). The maximum absolute atomic E-state index is 5.41. The molecule has 0 saturated heterocycles. The number of methoxy groups -OCH3 is 1. The van der Waals surface area contributed by atoms with Gasteiger partial charge in [0, 0.05) is 25.0 Å². The monoisotopic (exact) mass is 362 g/mol. The highest BCUT2D eigenvalue weighted by Gasteiger charge is 2.11. The number of anilines is 3. The smallest absolute Gasteiger partial charge is 0.231 e. The molecule has 0 amide bonds. The van der Waals surface area contributed by atoms with E-state index in [1.807, 2.05) is 24.3 Å². The normalized spacial score (nSPS) is 10.5. The van der Waals surface area contributed by atoms with Crippen molar-refractivity contribution in [1.29, 1.82) is 0 Å². The minimum absolute atomic E-state index is 0.699. The number of rotatable bonds is 8. The molecule has 5 nitrogen and oxygen atoms in total. The van der Waals surface area contributed by atoms with E-state index in [4.69, 9.17) is 9.72 Å². The maximum atomic E-state index is 5.41. The average molecular weight is 362 g/mol. The predicted molar refractivity (Wildman–Crippen MR) is 111 cm³/mol. The molecule has 3 rings (SSSR count). The summed E-state index contributed by atoms with van der Waals surface area (Å²) >= 11 is 0. The Morgan fingerprint density at radius 1 is 1.07 bits per heavy atom. The Balaban J connectivity index is 1.69. The molecule has 1 aromatic heterocycles. The summed E-state index contributed by atoms with van der Waals surface area (Å²) in [7, 11) is 1.70. The minimum Gasteiger partial charge on any atom is -0.496 e. The van der Waals surface area contributed by atoms with Crippen LogP contribution in [0.5, 0.6) is 5.75 Å². The number of aryl methyl sites for hydroxylation is 1. The maximum Gasteiger partial charge on any atom is 0.231 e. The van der Waals surface area contributed by atoms with Crippen LogP contribution in [-0.2, 0) is 6.42 Å². The van der Waals surface area contributed by atoms with E-state index < -0.39 is 0 Å². The Morgan fingerprint density at radius 3 is 2.70 bits per heavy atom. The zero-order valence-electron chi connectivity index (χ0n) is 16.1. The summed E-state index contributed by atoms with van der Waals surface area (Å²) in [5, 5.41) is 3.39. The van der Waals surface area contributed by atoms with Gasteiger partial charge in [0.2, 0.25) is 5.95 Å². The molecule has 1 N–H and O–H groups in total. The van der Waals surface area contributed by atoms with E-state index in [2.05, 4.69) is 59.4 Å². The molecule has 0 aliphatic carbocycles. The van der Waals surface area contributed by atoms with Gasteiger partial charge in [-0.1, -0.05) is 30.3 Å². The van der Waals surface area contributed by atoms with Crippen molar-refractivity contribution in [3.63, 3.8) is 0 Å². The number of nitrogens with one attached hydrogen (secondary N) is 1. The van der Waals surface area contributed by atoms with Gasteiger partial charge in [0.1, 0.15) is 11.6 Å². The van der Waals surface area contributed by atoms with Crippen LogP contribution in [0.25, 0.3) is 0 Å². The van der Waals surface area contributed by atoms with E-state index in [0.29, 0.717) is 5.95 Å². The van der Waals surface area contributed by atoms with Crippen molar-refractivity contribution in [2.24, 2.45) is 0 Å². The van der Waals surface area contributed by atoms with Crippen molar-refractivity contribution in [1.82, 2.24) is 9.97 Å². The molecule has 0 bridgehead atoms. The van der Waals surface area contributed by atoms with Crippen molar-refractivity contribution in [3.05, 3.63) is 71.9 Å². The van der Waals surface area contributed by atoms with E-state index in [9.17, 15) is 0 Å². The first-order valence-electron chi connectivity index (χ1n) is 9.24. The van der Waals surface area contributed by atoms with Crippen LogP contribution >= 0.6 is 0 Å². The van der Waals surface area contributed by atoms with Gasteiger partial charge in [-0.05, 0) is 55.7 Å². The van der Waals surface area contributed by atoms with Crippen molar-refractivity contribution >= 4 is 17.5 Å². The van der Waals surface area contributed by atoms with Crippen LogP contribution in [-0.4, -0.2) is 30.2 Å². The number of hydrogen-bond acceptors (Lipinski definition) is 5. The third-order valence-electron chi connectivity index (χ3n) is 4.41. The third kappa shape index (κ3) is 4.76. The summed E-state index contributed by atoms with van der Waals surface area (Å²) in [6, 6.07) is 18.4. The third-order valence-corrected chi connectivity index (χ3v) is 4.41. The van der Waals surface area contributed by atoms with Crippen molar-refractivity contribution in [3.8, 4) is 5.75 Å². The molecule has 1 heterocycles. The number of hydrogen-bond donors (Lipinski definition) is 1. The van der Waals surface area contributed by atoms with Gasteiger partial charge in [-0.15, -0.1) is 0 Å². The van der Waals surface area contributed by atoms with Crippen LogP contribution in [0, 0.1) is 6.92 Å². The van der Waals surface area contributed by atoms with Gasteiger partial charge in [-0.3, -0.25) is 0 Å². The number of aromatic nitrogens is 2. The number of para-hydroxylation sites is 1. The van der Waals surface area contributed by atoms with Gasteiger partial charge in [0.05, 0.1) is 7.11 Å². The molecule has 5 heteroatoms. The van der Waals surface area contributed by atoms with Crippen LogP contribution < -0.4 is 15.0 Å². The van der Waals surface area contributed by atoms with Gasteiger partial charge in [0.15, 0.2) is 0 Å². The highest BCUT2D eigenvalue weighted by Crippen LogP contribution is 2.23. The molecule has 140 valence electrons.